The number of likely N-dealkylation sites (tertiary alicyclic amines) is 1. The number of carboxylic acid groups (broad SMARTS) is 1. The van der Waals surface area contributed by atoms with Gasteiger partial charge in [-0.3, -0.25) is 4.79 Å². The van der Waals surface area contributed by atoms with Crippen LogP contribution in [0.5, 0.6) is 0 Å². The smallest absolute Gasteiger partial charge is 0.317 e. The maximum Gasteiger partial charge on any atom is 0.317 e. The summed E-state index contributed by atoms with van der Waals surface area (Å²) in [6.07, 6.45) is 6.39. The molecular formula is C14H24N2O3. The zero-order chi connectivity index (χ0) is 13.8. The number of piperidine rings is 1. The first-order valence-corrected chi connectivity index (χ1v) is 7.40. The first-order valence-electron chi connectivity index (χ1n) is 7.40. The minimum Gasteiger partial charge on any atom is -0.481 e. The van der Waals surface area contributed by atoms with Gasteiger partial charge >= 0.3 is 12.0 Å². The van der Waals surface area contributed by atoms with E-state index in [0.29, 0.717) is 12.0 Å². The van der Waals surface area contributed by atoms with Crippen LogP contribution in [-0.2, 0) is 4.79 Å². The summed E-state index contributed by atoms with van der Waals surface area (Å²) >= 11 is 0. The van der Waals surface area contributed by atoms with Crippen LogP contribution in [0, 0.1) is 5.92 Å². The van der Waals surface area contributed by atoms with Crippen LogP contribution in [0.15, 0.2) is 0 Å². The Morgan fingerprint density at radius 1 is 1.32 bits per heavy atom. The Labute approximate surface area is 114 Å². The minimum absolute atomic E-state index is 0.0427. The molecule has 1 aliphatic carbocycles. The van der Waals surface area contributed by atoms with Gasteiger partial charge in [0.1, 0.15) is 0 Å². The molecule has 19 heavy (non-hydrogen) atoms. The quantitative estimate of drug-likeness (QED) is 0.803. The van der Waals surface area contributed by atoms with Gasteiger partial charge < -0.3 is 15.3 Å². The number of urea groups is 1. The second-order valence-corrected chi connectivity index (χ2v) is 5.74. The second kappa shape index (κ2) is 6.26. The highest BCUT2D eigenvalue weighted by atomic mass is 16.4. The number of hydrogen-bond acceptors (Lipinski definition) is 2. The highest BCUT2D eigenvalue weighted by Gasteiger charge is 2.35. The summed E-state index contributed by atoms with van der Waals surface area (Å²) in [4.78, 5) is 25.1. The molecule has 2 atom stereocenters. The molecule has 1 heterocycles. The average molecular weight is 268 g/mol. The van der Waals surface area contributed by atoms with E-state index in [1.54, 1.807) is 0 Å². The normalized spacial score (nSPS) is 24.9. The Hall–Kier alpha value is -1.26. The number of rotatable bonds is 5. The predicted molar refractivity (Wildman–Crippen MR) is 71.9 cm³/mol. The third kappa shape index (κ3) is 3.85. The molecule has 2 aliphatic rings. The molecule has 2 amide bonds. The van der Waals surface area contributed by atoms with Gasteiger partial charge in [0.15, 0.2) is 0 Å². The maximum atomic E-state index is 12.3. The van der Waals surface area contributed by atoms with Crippen molar-refractivity contribution in [2.45, 2.75) is 64.0 Å². The minimum atomic E-state index is -0.831. The number of nitrogens with one attached hydrogen (secondary N) is 1. The van der Waals surface area contributed by atoms with E-state index in [0.717, 1.165) is 38.6 Å². The summed E-state index contributed by atoms with van der Waals surface area (Å²) in [5, 5.41) is 11.9. The summed E-state index contributed by atoms with van der Waals surface area (Å²) in [5.74, 6) is -0.465. The molecule has 2 unspecified atom stereocenters. The monoisotopic (exact) mass is 268 g/mol. The lowest BCUT2D eigenvalue weighted by Gasteiger charge is -2.36. The van der Waals surface area contributed by atoms with Crippen molar-refractivity contribution in [3.63, 3.8) is 0 Å². The molecule has 0 radical (unpaired) electrons. The molecule has 2 N–H and O–H groups in total. The molecular weight excluding hydrogens is 244 g/mol. The van der Waals surface area contributed by atoms with Gasteiger partial charge in [-0.05, 0) is 44.4 Å². The highest BCUT2D eigenvalue weighted by Crippen LogP contribution is 2.34. The number of carbonyl (C=O) groups excluding carboxylic acids is 1. The molecule has 0 spiro atoms. The molecule has 1 saturated carbocycles. The number of amides is 2. The van der Waals surface area contributed by atoms with Gasteiger partial charge in [-0.1, -0.05) is 6.92 Å². The van der Waals surface area contributed by atoms with Crippen molar-refractivity contribution in [1.82, 2.24) is 10.2 Å². The highest BCUT2D eigenvalue weighted by molar-refractivity contribution is 5.76. The number of carboxylic acids is 1. The van der Waals surface area contributed by atoms with E-state index in [4.69, 9.17) is 5.11 Å². The van der Waals surface area contributed by atoms with Gasteiger partial charge in [-0.15, -0.1) is 0 Å². The van der Waals surface area contributed by atoms with E-state index in [9.17, 15) is 9.59 Å². The van der Waals surface area contributed by atoms with Crippen LogP contribution in [0.25, 0.3) is 0 Å². The van der Waals surface area contributed by atoms with Crippen molar-refractivity contribution in [3.8, 4) is 0 Å². The van der Waals surface area contributed by atoms with Crippen LogP contribution < -0.4 is 5.32 Å². The van der Waals surface area contributed by atoms with Gasteiger partial charge in [0, 0.05) is 18.6 Å². The van der Waals surface area contributed by atoms with Crippen LogP contribution in [0.1, 0.15) is 51.9 Å². The molecule has 0 aromatic rings. The second-order valence-electron chi connectivity index (χ2n) is 5.74. The fourth-order valence-electron chi connectivity index (χ4n) is 2.96. The summed E-state index contributed by atoms with van der Waals surface area (Å²) in [7, 11) is 0. The van der Waals surface area contributed by atoms with E-state index < -0.39 is 5.97 Å². The SMILES string of the molecule is CCC1CCCCN1C(=O)NC(CC(=O)O)C1CC1. The van der Waals surface area contributed by atoms with E-state index >= 15 is 0 Å². The largest absolute Gasteiger partial charge is 0.481 e. The van der Waals surface area contributed by atoms with Gasteiger partial charge in [0.2, 0.25) is 0 Å². The first kappa shape index (κ1) is 14.2. The summed E-state index contributed by atoms with van der Waals surface area (Å²) in [6.45, 7) is 2.90. The molecule has 0 aromatic carbocycles. The van der Waals surface area contributed by atoms with E-state index in [-0.39, 0.29) is 18.5 Å². The number of hydrogen-bond donors (Lipinski definition) is 2. The molecule has 5 heteroatoms. The summed E-state index contributed by atoms with van der Waals surface area (Å²) in [6, 6.07) is 0.0626. The van der Waals surface area contributed by atoms with Crippen molar-refractivity contribution >= 4 is 12.0 Å². The summed E-state index contributed by atoms with van der Waals surface area (Å²) < 4.78 is 0. The predicted octanol–water partition coefficient (Wildman–Crippen LogP) is 2.21. The molecule has 0 aromatic heterocycles. The molecule has 1 aliphatic heterocycles. The Balaban J connectivity index is 1.91. The van der Waals surface area contributed by atoms with Crippen molar-refractivity contribution in [1.29, 1.82) is 0 Å². The Bertz CT molecular complexity index is 342. The Kier molecular flexibility index (Phi) is 4.66. The van der Waals surface area contributed by atoms with Gasteiger partial charge in [0.05, 0.1) is 6.42 Å². The Morgan fingerprint density at radius 2 is 2.05 bits per heavy atom. The first-order chi connectivity index (χ1) is 9.11. The van der Waals surface area contributed by atoms with Crippen molar-refractivity contribution in [2.24, 2.45) is 5.92 Å². The molecule has 0 bridgehead atoms. The average Bonchev–Trinajstić information content (AvgIpc) is 3.21. The van der Waals surface area contributed by atoms with Gasteiger partial charge in [0.25, 0.3) is 0 Å². The van der Waals surface area contributed by atoms with Crippen LogP contribution in [0.3, 0.4) is 0 Å². The number of nitrogens with zero attached hydrogens (tertiary/aromatic N) is 1. The molecule has 2 fully saturated rings. The summed E-state index contributed by atoms with van der Waals surface area (Å²) in [5.41, 5.74) is 0. The topological polar surface area (TPSA) is 69.6 Å². The number of aliphatic carboxylic acids is 1. The standard InChI is InChI=1S/C14H24N2O3/c1-2-11-5-3-4-8-16(11)14(19)15-12(9-13(17)18)10-6-7-10/h10-12H,2-9H2,1H3,(H,15,19)(H,17,18). The van der Waals surface area contributed by atoms with Crippen LogP contribution >= 0.6 is 0 Å². The van der Waals surface area contributed by atoms with E-state index in [1.807, 2.05) is 4.90 Å². The zero-order valence-corrected chi connectivity index (χ0v) is 11.6. The fraction of sp³-hybridized carbons (Fsp3) is 0.857. The third-order valence-electron chi connectivity index (χ3n) is 4.25. The van der Waals surface area contributed by atoms with Gasteiger partial charge in [-0.25, -0.2) is 4.79 Å². The Morgan fingerprint density at radius 3 is 2.63 bits per heavy atom. The van der Waals surface area contributed by atoms with Crippen molar-refractivity contribution in [3.05, 3.63) is 0 Å². The lowest BCUT2D eigenvalue weighted by molar-refractivity contribution is -0.137. The van der Waals surface area contributed by atoms with Crippen LogP contribution in [0.4, 0.5) is 4.79 Å². The zero-order valence-electron chi connectivity index (χ0n) is 11.6. The molecule has 5 nitrogen and oxygen atoms in total. The van der Waals surface area contributed by atoms with Crippen molar-refractivity contribution < 1.29 is 14.7 Å². The van der Waals surface area contributed by atoms with Crippen LogP contribution in [0.2, 0.25) is 0 Å². The van der Waals surface area contributed by atoms with Crippen LogP contribution in [-0.4, -0.2) is 40.6 Å². The van der Waals surface area contributed by atoms with E-state index in [2.05, 4.69) is 12.2 Å². The van der Waals surface area contributed by atoms with Crippen molar-refractivity contribution in [2.75, 3.05) is 6.54 Å². The maximum absolute atomic E-state index is 12.3. The van der Waals surface area contributed by atoms with E-state index in [1.165, 1.54) is 6.42 Å². The number of carbonyl (C=O) groups is 2. The molecule has 2 rings (SSSR count). The lowest BCUT2D eigenvalue weighted by Crippen LogP contribution is -2.51. The lowest BCUT2D eigenvalue weighted by atomic mass is 10.0. The van der Waals surface area contributed by atoms with Gasteiger partial charge in [-0.2, -0.15) is 0 Å². The molecule has 1 saturated heterocycles. The fourth-order valence-corrected chi connectivity index (χ4v) is 2.96. The molecule has 108 valence electrons. The third-order valence-corrected chi connectivity index (χ3v) is 4.25.